The van der Waals surface area contributed by atoms with Crippen LogP contribution in [0.25, 0.3) is 0 Å². The maximum Gasteiger partial charge on any atom is 0.119 e. The van der Waals surface area contributed by atoms with Crippen LogP contribution in [0.2, 0.25) is 0 Å². The molecule has 0 spiro atoms. The zero-order chi connectivity index (χ0) is 14.6. The van der Waals surface area contributed by atoms with Gasteiger partial charge >= 0.3 is 0 Å². The fraction of sp³-hybridized carbons (Fsp3) is 0.684. The van der Waals surface area contributed by atoms with Gasteiger partial charge in [0, 0.05) is 11.5 Å². The van der Waals surface area contributed by atoms with E-state index >= 15 is 0 Å². The normalized spacial score (nSPS) is 38.5. The molecule has 0 radical (unpaired) electrons. The van der Waals surface area contributed by atoms with Crippen LogP contribution in [0.3, 0.4) is 0 Å². The molecule has 2 aliphatic carbocycles. The van der Waals surface area contributed by atoms with Gasteiger partial charge in [0.25, 0.3) is 0 Å². The van der Waals surface area contributed by atoms with Gasteiger partial charge in [-0.25, -0.2) is 0 Å². The van der Waals surface area contributed by atoms with E-state index in [0.717, 1.165) is 23.6 Å². The highest BCUT2D eigenvalue weighted by molar-refractivity contribution is 5.45. The van der Waals surface area contributed by atoms with Crippen LogP contribution in [0.15, 0.2) is 18.2 Å². The molecule has 2 bridgehead atoms. The summed E-state index contributed by atoms with van der Waals surface area (Å²) < 4.78 is 5.53. The number of rotatable bonds is 1. The van der Waals surface area contributed by atoms with Crippen LogP contribution in [-0.4, -0.2) is 31.6 Å². The SMILES string of the molecule is COc1ccc2c(c1)[C@]13CCN(C)[C@H](C2)[C@@H]1CCC(C)C3. The van der Waals surface area contributed by atoms with Crippen LogP contribution in [-0.2, 0) is 11.8 Å². The van der Waals surface area contributed by atoms with Gasteiger partial charge in [-0.15, -0.1) is 0 Å². The van der Waals surface area contributed by atoms with Gasteiger partial charge < -0.3 is 9.64 Å². The van der Waals surface area contributed by atoms with E-state index in [9.17, 15) is 0 Å². The van der Waals surface area contributed by atoms with Crippen molar-refractivity contribution in [3.05, 3.63) is 29.3 Å². The van der Waals surface area contributed by atoms with E-state index in [-0.39, 0.29) is 0 Å². The summed E-state index contributed by atoms with van der Waals surface area (Å²) in [5.41, 5.74) is 3.64. The zero-order valence-corrected chi connectivity index (χ0v) is 13.6. The van der Waals surface area contributed by atoms with Crippen molar-refractivity contribution in [3.63, 3.8) is 0 Å². The molecule has 3 aliphatic rings. The highest BCUT2D eigenvalue weighted by Gasteiger charge is 2.54. The molecule has 2 fully saturated rings. The topological polar surface area (TPSA) is 12.5 Å². The van der Waals surface area contributed by atoms with Gasteiger partial charge in [0.1, 0.15) is 5.75 Å². The minimum Gasteiger partial charge on any atom is -0.497 e. The second kappa shape index (κ2) is 4.74. The molecule has 1 unspecified atom stereocenters. The van der Waals surface area contributed by atoms with Gasteiger partial charge in [0.05, 0.1) is 7.11 Å². The first-order chi connectivity index (χ1) is 10.1. The Morgan fingerprint density at radius 2 is 2.14 bits per heavy atom. The molecule has 4 atom stereocenters. The first-order valence-electron chi connectivity index (χ1n) is 8.52. The Kier molecular flexibility index (Phi) is 3.08. The third kappa shape index (κ3) is 1.88. The Bertz CT molecular complexity index is 554. The Morgan fingerprint density at radius 1 is 1.29 bits per heavy atom. The van der Waals surface area contributed by atoms with Crippen LogP contribution >= 0.6 is 0 Å². The third-order valence-corrected chi connectivity index (χ3v) is 6.62. The molecule has 1 saturated carbocycles. The first-order valence-corrected chi connectivity index (χ1v) is 8.52. The number of likely N-dealkylation sites (tertiary alicyclic amines) is 1. The van der Waals surface area contributed by atoms with E-state index in [0.29, 0.717) is 5.41 Å². The minimum absolute atomic E-state index is 0.428. The van der Waals surface area contributed by atoms with Crippen molar-refractivity contribution in [3.8, 4) is 5.75 Å². The van der Waals surface area contributed by atoms with Crippen molar-refractivity contribution in [2.24, 2.45) is 11.8 Å². The average Bonchev–Trinajstić information content (AvgIpc) is 2.50. The van der Waals surface area contributed by atoms with Gasteiger partial charge in [-0.3, -0.25) is 0 Å². The number of piperidine rings is 1. The molecule has 21 heavy (non-hydrogen) atoms. The lowest BCUT2D eigenvalue weighted by Crippen LogP contribution is -2.60. The van der Waals surface area contributed by atoms with Crippen molar-refractivity contribution < 1.29 is 4.74 Å². The van der Waals surface area contributed by atoms with Crippen LogP contribution in [0, 0.1) is 11.8 Å². The van der Waals surface area contributed by atoms with Gasteiger partial charge in [0.15, 0.2) is 0 Å². The number of nitrogens with zero attached hydrogens (tertiary/aromatic N) is 1. The van der Waals surface area contributed by atoms with Crippen LogP contribution in [0.5, 0.6) is 5.75 Å². The minimum atomic E-state index is 0.428. The molecule has 1 aromatic carbocycles. The Morgan fingerprint density at radius 3 is 2.95 bits per heavy atom. The summed E-state index contributed by atoms with van der Waals surface area (Å²) in [6.07, 6.45) is 6.76. The number of methoxy groups -OCH3 is 1. The second-order valence-electron chi connectivity index (χ2n) is 7.67. The molecule has 1 heterocycles. The summed E-state index contributed by atoms with van der Waals surface area (Å²) in [5, 5.41) is 0. The van der Waals surface area contributed by atoms with Gasteiger partial charge in [0.2, 0.25) is 0 Å². The number of ether oxygens (including phenoxy) is 1. The standard InChI is InChI=1S/C19H27NO/c1-13-4-7-16-18-10-14-5-6-15(21-3)11-17(14)19(16,12-13)8-9-20(18)2/h5-6,11,13,16,18H,4,7-10,12H2,1-3H3/t13?,16-,18+,19-/m0/s1. The second-order valence-corrected chi connectivity index (χ2v) is 7.67. The lowest BCUT2D eigenvalue weighted by atomic mass is 9.51. The summed E-state index contributed by atoms with van der Waals surface area (Å²) in [6.45, 7) is 3.71. The quantitative estimate of drug-likeness (QED) is 0.781. The Balaban J connectivity index is 1.88. The van der Waals surface area contributed by atoms with Crippen LogP contribution in [0.4, 0.5) is 0 Å². The molecule has 0 amide bonds. The molecule has 4 rings (SSSR count). The molecular weight excluding hydrogens is 258 g/mol. The summed E-state index contributed by atoms with van der Waals surface area (Å²) in [5.74, 6) is 2.76. The van der Waals surface area contributed by atoms with Crippen molar-refractivity contribution >= 4 is 0 Å². The number of hydrogen-bond donors (Lipinski definition) is 0. The van der Waals surface area contributed by atoms with Crippen molar-refractivity contribution in [2.45, 2.75) is 50.5 Å². The van der Waals surface area contributed by atoms with Crippen molar-refractivity contribution in [2.75, 3.05) is 20.7 Å². The highest BCUT2D eigenvalue weighted by Crippen LogP contribution is 2.57. The van der Waals surface area contributed by atoms with E-state index in [4.69, 9.17) is 4.74 Å². The summed E-state index contributed by atoms with van der Waals surface area (Å²) in [6, 6.07) is 7.60. The van der Waals surface area contributed by atoms with Gasteiger partial charge in [-0.2, -0.15) is 0 Å². The van der Waals surface area contributed by atoms with Crippen molar-refractivity contribution in [1.82, 2.24) is 4.90 Å². The third-order valence-electron chi connectivity index (χ3n) is 6.62. The molecule has 0 aromatic heterocycles. The zero-order valence-electron chi connectivity index (χ0n) is 13.6. The fourth-order valence-corrected chi connectivity index (χ4v) is 5.60. The number of benzene rings is 1. The number of likely N-dealkylation sites (N-methyl/N-ethyl adjacent to an activating group) is 1. The van der Waals surface area contributed by atoms with Gasteiger partial charge in [-0.05, 0) is 74.4 Å². The predicted molar refractivity (Wildman–Crippen MR) is 85.9 cm³/mol. The molecule has 0 N–H and O–H groups in total. The summed E-state index contributed by atoms with van der Waals surface area (Å²) >= 11 is 0. The average molecular weight is 285 g/mol. The molecule has 114 valence electrons. The molecule has 2 nitrogen and oxygen atoms in total. The number of hydrogen-bond acceptors (Lipinski definition) is 2. The van der Waals surface area contributed by atoms with Crippen LogP contribution < -0.4 is 4.74 Å². The lowest BCUT2D eigenvalue weighted by Gasteiger charge is -2.59. The fourth-order valence-electron chi connectivity index (χ4n) is 5.60. The molecule has 1 aromatic rings. The molecule has 1 aliphatic heterocycles. The maximum atomic E-state index is 5.53. The highest BCUT2D eigenvalue weighted by atomic mass is 16.5. The predicted octanol–water partition coefficient (Wildman–Crippen LogP) is 3.63. The monoisotopic (exact) mass is 285 g/mol. The van der Waals surface area contributed by atoms with E-state index < -0.39 is 0 Å². The van der Waals surface area contributed by atoms with Gasteiger partial charge in [-0.1, -0.05) is 19.4 Å². The van der Waals surface area contributed by atoms with Crippen LogP contribution in [0.1, 0.15) is 43.7 Å². The molecular formula is C19H27NO. The largest absolute Gasteiger partial charge is 0.497 e. The smallest absolute Gasteiger partial charge is 0.119 e. The van der Waals surface area contributed by atoms with Crippen molar-refractivity contribution in [1.29, 1.82) is 0 Å². The lowest BCUT2D eigenvalue weighted by molar-refractivity contribution is -0.0110. The van der Waals surface area contributed by atoms with E-state index in [1.807, 2.05) is 0 Å². The first kappa shape index (κ1) is 13.6. The van der Waals surface area contributed by atoms with E-state index in [1.54, 1.807) is 18.2 Å². The summed E-state index contributed by atoms with van der Waals surface area (Å²) in [7, 11) is 4.13. The molecule has 1 saturated heterocycles. The number of fused-ring (bicyclic) bond motifs is 1. The molecule has 2 heteroatoms. The Labute approximate surface area is 128 Å². The maximum absolute atomic E-state index is 5.53. The van der Waals surface area contributed by atoms with E-state index in [2.05, 4.69) is 37.1 Å². The van der Waals surface area contributed by atoms with E-state index in [1.165, 1.54) is 38.6 Å². The summed E-state index contributed by atoms with van der Waals surface area (Å²) in [4.78, 5) is 2.63. The Hall–Kier alpha value is -1.02.